The zero-order valence-corrected chi connectivity index (χ0v) is 17.2. The van der Waals surface area contributed by atoms with Gasteiger partial charge in [-0.05, 0) is 78.1 Å². The standard InChI is InChI=1S/C26H27FO3/c1-17(22-12-13-25(27)24-5-3-2-4-23(22)24)14-18-6-7-20(15-18)19-8-10-21(11-9-19)30-16-26(28)29/h2-5,8-13,17-18,20H,6-7,14-16H2,1H3,(H,28,29)/t17-,18+,20+/m0/s1. The Hall–Kier alpha value is -2.88. The number of carbonyl (C=O) groups is 1. The molecule has 30 heavy (non-hydrogen) atoms. The van der Waals surface area contributed by atoms with Crippen molar-refractivity contribution in [1.82, 2.24) is 0 Å². The molecule has 0 unspecified atom stereocenters. The minimum Gasteiger partial charge on any atom is -0.482 e. The predicted molar refractivity (Wildman–Crippen MR) is 117 cm³/mol. The number of carboxylic acid groups (broad SMARTS) is 1. The molecule has 3 atom stereocenters. The number of hydrogen-bond donors (Lipinski definition) is 1. The van der Waals surface area contributed by atoms with Crippen LogP contribution in [-0.4, -0.2) is 17.7 Å². The highest BCUT2D eigenvalue weighted by molar-refractivity contribution is 5.86. The first-order valence-electron chi connectivity index (χ1n) is 10.6. The molecule has 1 aliphatic rings. The molecule has 1 saturated carbocycles. The van der Waals surface area contributed by atoms with Crippen LogP contribution in [0.15, 0.2) is 60.7 Å². The maximum Gasteiger partial charge on any atom is 0.341 e. The number of carboxylic acids is 1. The number of halogens is 1. The highest BCUT2D eigenvalue weighted by atomic mass is 19.1. The lowest BCUT2D eigenvalue weighted by atomic mass is 9.86. The van der Waals surface area contributed by atoms with E-state index in [-0.39, 0.29) is 12.4 Å². The van der Waals surface area contributed by atoms with E-state index < -0.39 is 5.97 Å². The fourth-order valence-corrected chi connectivity index (χ4v) is 4.92. The molecular formula is C26H27FO3. The number of ether oxygens (including phenoxy) is 1. The van der Waals surface area contributed by atoms with Crippen LogP contribution in [0.2, 0.25) is 0 Å². The van der Waals surface area contributed by atoms with Crippen molar-refractivity contribution in [3.63, 3.8) is 0 Å². The quantitative estimate of drug-likeness (QED) is 0.486. The zero-order chi connectivity index (χ0) is 21.1. The van der Waals surface area contributed by atoms with Crippen molar-refractivity contribution in [2.45, 2.75) is 44.4 Å². The van der Waals surface area contributed by atoms with Crippen molar-refractivity contribution in [1.29, 1.82) is 0 Å². The van der Waals surface area contributed by atoms with E-state index in [0.29, 0.717) is 28.9 Å². The minimum absolute atomic E-state index is 0.154. The average molecular weight is 406 g/mol. The molecule has 0 aliphatic heterocycles. The summed E-state index contributed by atoms with van der Waals surface area (Å²) in [6, 6.07) is 19.1. The Morgan fingerprint density at radius 3 is 2.53 bits per heavy atom. The Balaban J connectivity index is 1.39. The van der Waals surface area contributed by atoms with Crippen molar-refractivity contribution < 1.29 is 19.0 Å². The predicted octanol–water partition coefficient (Wildman–Crippen LogP) is 6.52. The lowest BCUT2D eigenvalue weighted by Crippen LogP contribution is -2.09. The summed E-state index contributed by atoms with van der Waals surface area (Å²) in [5, 5.41) is 10.4. The van der Waals surface area contributed by atoms with Crippen LogP contribution >= 0.6 is 0 Å². The van der Waals surface area contributed by atoms with Gasteiger partial charge < -0.3 is 9.84 Å². The Kier molecular flexibility index (Phi) is 6.03. The summed E-state index contributed by atoms with van der Waals surface area (Å²) >= 11 is 0. The maximum atomic E-state index is 14.2. The Morgan fingerprint density at radius 1 is 1.07 bits per heavy atom. The molecule has 0 bridgehead atoms. The molecule has 1 N–H and O–H groups in total. The van der Waals surface area contributed by atoms with E-state index in [0.717, 1.165) is 24.6 Å². The number of fused-ring (bicyclic) bond motifs is 1. The Labute approximate surface area is 176 Å². The van der Waals surface area contributed by atoms with Gasteiger partial charge >= 0.3 is 5.97 Å². The van der Waals surface area contributed by atoms with Crippen LogP contribution in [0.4, 0.5) is 4.39 Å². The van der Waals surface area contributed by atoms with Gasteiger partial charge in [0.1, 0.15) is 11.6 Å². The van der Waals surface area contributed by atoms with Gasteiger partial charge in [0.15, 0.2) is 6.61 Å². The van der Waals surface area contributed by atoms with E-state index in [1.807, 2.05) is 42.5 Å². The van der Waals surface area contributed by atoms with Crippen molar-refractivity contribution in [3.05, 3.63) is 77.6 Å². The molecule has 3 nitrogen and oxygen atoms in total. The van der Waals surface area contributed by atoms with Crippen LogP contribution in [0.3, 0.4) is 0 Å². The minimum atomic E-state index is -0.972. The molecule has 4 heteroatoms. The van der Waals surface area contributed by atoms with Crippen LogP contribution in [0.25, 0.3) is 10.8 Å². The van der Waals surface area contributed by atoms with E-state index in [2.05, 4.69) is 19.1 Å². The second-order valence-electron chi connectivity index (χ2n) is 8.45. The van der Waals surface area contributed by atoms with E-state index in [1.54, 1.807) is 6.07 Å². The molecular weight excluding hydrogens is 379 g/mol. The highest BCUT2D eigenvalue weighted by Gasteiger charge is 2.27. The summed E-state index contributed by atoms with van der Waals surface area (Å²) in [6.45, 7) is 1.93. The van der Waals surface area contributed by atoms with Crippen molar-refractivity contribution in [2.24, 2.45) is 5.92 Å². The monoisotopic (exact) mass is 406 g/mol. The van der Waals surface area contributed by atoms with Gasteiger partial charge in [0.2, 0.25) is 0 Å². The third-order valence-corrected chi connectivity index (χ3v) is 6.38. The zero-order valence-electron chi connectivity index (χ0n) is 17.2. The molecule has 0 radical (unpaired) electrons. The molecule has 156 valence electrons. The fraction of sp³-hybridized carbons (Fsp3) is 0.346. The third-order valence-electron chi connectivity index (χ3n) is 6.38. The SMILES string of the molecule is C[C@@H](C[C@H]1CC[C@@H](c2ccc(OCC(=O)O)cc2)C1)c1ccc(F)c2ccccc12. The van der Waals surface area contributed by atoms with E-state index in [4.69, 9.17) is 9.84 Å². The van der Waals surface area contributed by atoms with Gasteiger partial charge in [0, 0.05) is 5.39 Å². The van der Waals surface area contributed by atoms with Gasteiger partial charge in [0.25, 0.3) is 0 Å². The van der Waals surface area contributed by atoms with Crippen molar-refractivity contribution in [2.75, 3.05) is 6.61 Å². The first-order valence-corrected chi connectivity index (χ1v) is 10.6. The summed E-state index contributed by atoms with van der Waals surface area (Å²) < 4.78 is 19.4. The molecule has 3 aromatic carbocycles. The summed E-state index contributed by atoms with van der Waals surface area (Å²) in [6.07, 6.45) is 4.62. The molecule has 0 heterocycles. The summed E-state index contributed by atoms with van der Waals surface area (Å²) in [7, 11) is 0. The second kappa shape index (κ2) is 8.86. The van der Waals surface area contributed by atoms with Gasteiger partial charge in [0.05, 0.1) is 0 Å². The second-order valence-corrected chi connectivity index (χ2v) is 8.45. The summed E-state index contributed by atoms with van der Waals surface area (Å²) in [5.74, 6) is 1.02. The smallest absolute Gasteiger partial charge is 0.341 e. The summed E-state index contributed by atoms with van der Waals surface area (Å²) in [4.78, 5) is 10.6. The molecule has 4 rings (SSSR count). The lowest BCUT2D eigenvalue weighted by molar-refractivity contribution is -0.139. The third kappa shape index (κ3) is 4.48. The molecule has 0 spiro atoms. The number of hydrogen-bond acceptors (Lipinski definition) is 2. The average Bonchev–Trinajstić information content (AvgIpc) is 3.21. The van der Waals surface area contributed by atoms with Crippen molar-refractivity contribution >= 4 is 16.7 Å². The largest absolute Gasteiger partial charge is 0.482 e. The van der Waals surface area contributed by atoms with Gasteiger partial charge in [-0.2, -0.15) is 0 Å². The highest BCUT2D eigenvalue weighted by Crippen LogP contribution is 2.43. The Morgan fingerprint density at radius 2 is 1.80 bits per heavy atom. The van der Waals surface area contributed by atoms with Crippen LogP contribution in [-0.2, 0) is 4.79 Å². The summed E-state index contributed by atoms with van der Waals surface area (Å²) in [5.41, 5.74) is 2.52. The first-order chi connectivity index (χ1) is 14.5. The van der Waals surface area contributed by atoms with Crippen molar-refractivity contribution in [3.8, 4) is 5.75 Å². The van der Waals surface area contributed by atoms with Gasteiger partial charge in [-0.25, -0.2) is 9.18 Å². The van der Waals surface area contributed by atoms with Crippen LogP contribution in [0.1, 0.15) is 55.6 Å². The molecule has 0 saturated heterocycles. The fourth-order valence-electron chi connectivity index (χ4n) is 4.92. The first kappa shape index (κ1) is 20.4. The lowest BCUT2D eigenvalue weighted by Gasteiger charge is -2.19. The molecule has 3 aromatic rings. The molecule has 1 aliphatic carbocycles. The topological polar surface area (TPSA) is 46.5 Å². The Bertz CT molecular complexity index is 1030. The maximum absolute atomic E-state index is 14.2. The van der Waals surface area contributed by atoms with Gasteiger partial charge in [-0.1, -0.05) is 49.4 Å². The van der Waals surface area contributed by atoms with E-state index in [1.165, 1.54) is 17.5 Å². The van der Waals surface area contributed by atoms with Crippen LogP contribution in [0.5, 0.6) is 5.75 Å². The number of rotatable bonds is 7. The van der Waals surface area contributed by atoms with Gasteiger partial charge in [-0.15, -0.1) is 0 Å². The number of aliphatic carboxylic acids is 1. The molecule has 1 fully saturated rings. The van der Waals surface area contributed by atoms with E-state index in [9.17, 15) is 9.18 Å². The van der Waals surface area contributed by atoms with Crippen LogP contribution < -0.4 is 4.74 Å². The van der Waals surface area contributed by atoms with Gasteiger partial charge in [-0.3, -0.25) is 0 Å². The van der Waals surface area contributed by atoms with E-state index >= 15 is 0 Å². The molecule has 0 aromatic heterocycles. The number of benzene rings is 3. The van der Waals surface area contributed by atoms with Crippen LogP contribution in [0, 0.1) is 11.7 Å². The molecule has 0 amide bonds. The normalized spacial score (nSPS) is 19.7.